The molecule has 2 aromatic rings. The molecule has 16 nitrogen and oxygen atoms in total. The number of fused-ring (bicyclic) bond motifs is 5. The van der Waals surface area contributed by atoms with Gasteiger partial charge in [-0.2, -0.15) is 0 Å². The van der Waals surface area contributed by atoms with Gasteiger partial charge in [0.15, 0.2) is 0 Å². The van der Waals surface area contributed by atoms with Crippen LogP contribution in [0.4, 0.5) is 0 Å². The molecular formula is C30H48Cl4N8O8. The maximum Gasteiger partial charge on any atom is 0.243 e. The van der Waals surface area contributed by atoms with Crippen molar-refractivity contribution in [2.24, 2.45) is 22.9 Å². The first-order valence-electron chi connectivity index (χ1n) is 14.9. The van der Waals surface area contributed by atoms with E-state index in [1.165, 1.54) is 12.1 Å². The zero-order chi connectivity index (χ0) is 34.0. The number of amides is 4. The fraction of sp³-hybridized carbons (Fsp3) is 0.467. The summed E-state index contributed by atoms with van der Waals surface area (Å²) in [4.78, 5) is 53.3. The number of hydrogen-bond acceptors (Lipinski definition) is 12. The fourth-order valence-electron chi connectivity index (χ4n) is 4.96. The molecule has 0 saturated heterocycles. The highest BCUT2D eigenvalue weighted by atomic mass is 35.5. The maximum atomic E-state index is 13.8. The van der Waals surface area contributed by atoms with Gasteiger partial charge in [-0.1, -0.05) is 12.1 Å². The Morgan fingerprint density at radius 1 is 0.820 bits per heavy atom. The second-order valence-electron chi connectivity index (χ2n) is 11.2. The summed E-state index contributed by atoms with van der Waals surface area (Å²) in [5, 5.41) is 51.8. The molecule has 0 fully saturated rings. The Bertz CT molecular complexity index is 1410. The zero-order valence-corrected chi connectivity index (χ0v) is 30.2. The highest BCUT2D eigenvalue weighted by molar-refractivity contribution is 5.95. The second kappa shape index (κ2) is 23.3. The number of aliphatic hydroxyl groups is 2. The van der Waals surface area contributed by atoms with Crippen molar-refractivity contribution in [1.29, 1.82) is 0 Å². The summed E-state index contributed by atoms with van der Waals surface area (Å²) in [5.74, 6) is -3.45. The quantitative estimate of drug-likeness (QED) is 0.116. The van der Waals surface area contributed by atoms with E-state index < -0.39 is 60.0 Å². The van der Waals surface area contributed by atoms with Gasteiger partial charge in [-0.25, -0.2) is 0 Å². The van der Waals surface area contributed by atoms with E-state index in [1.807, 2.05) is 0 Å². The number of hydrogen-bond donors (Lipinski definition) is 12. The summed E-state index contributed by atoms with van der Waals surface area (Å²) in [6.45, 7) is -0.214. The molecule has 3 rings (SSSR count). The third-order valence-electron chi connectivity index (χ3n) is 7.60. The zero-order valence-electron chi connectivity index (χ0n) is 26.9. The summed E-state index contributed by atoms with van der Waals surface area (Å²) < 4.78 is 0. The minimum Gasteiger partial charge on any atom is -0.508 e. The van der Waals surface area contributed by atoms with Crippen LogP contribution in [0.1, 0.15) is 24.0 Å². The van der Waals surface area contributed by atoms with Crippen molar-refractivity contribution in [2.45, 2.75) is 62.1 Å². The topological polar surface area (TPSA) is 301 Å². The van der Waals surface area contributed by atoms with Crippen LogP contribution < -0.4 is 44.2 Å². The Balaban J connectivity index is 0. The fourth-order valence-corrected chi connectivity index (χ4v) is 4.96. The molecule has 0 saturated carbocycles. The van der Waals surface area contributed by atoms with Gasteiger partial charge in [0, 0.05) is 51.9 Å². The highest BCUT2D eigenvalue weighted by Gasteiger charge is 2.33. The molecule has 0 spiro atoms. The molecule has 4 amide bonds. The Kier molecular flexibility index (Phi) is 22.9. The van der Waals surface area contributed by atoms with Crippen LogP contribution >= 0.6 is 49.6 Å². The lowest BCUT2D eigenvalue weighted by molar-refractivity contribution is -0.134. The number of carbonyl (C=O) groups is 4. The second-order valence-corrected chi connectivity index (χ2v) is 11.2. The summed E-state index contributed by atoms with van der Waals surface area (Å²) in [7, 11) is 0. The molecule has 1 aliphatic rings. The summed E-state index contributed by atoms with van der Waals surface area (Å²) in [6.07, 6.45) is -3.31. The lowest BCUT2D eigenvalue weighted by Crippen LogP contribution is -2.59. The highest BCUT2D eigenvalue weighted by Crippen LogP contribution is 2.31. The number of benzene rings is 2. The molecule has 0 unspecified atom stereocenters. The molecule has 50 heavy (non-hydrogen) atoms. The van der Waals surface area contributed by atoms with Gasteiger partial charge in [-0.15, -0.1) is 49.6 Å². The predicted octanol–water partition coefficient (Wildman–Crippen LogP) is -2.17. The van der Waals surface area contributed by atoms with Crippen LogP contribution in [0, 0.1) is 0 Å². The molecule has 0 radical (unpaired) electrons. The molecule has 6 atom stereocenters. The molecule has 1 heterocycles. The number of nitrogens with one attached hydrogen (secondary N) is 4. The van der Waals surface area contributed by atoms with Crippen LogP contribution in [-0.2, 0) is 32.0 Å². The van der Waals surface area contributed by atoms with Crippen LogP contribution in [0.25, 0.3) is 11.1 Å². The van der Waals surface area contributed by atoms with Crippen molar-refractivity contribution < 1.29 is 39.6 Å². The van der Waals surface area contributed by atoms with Crippen molar-refractivity contribution in [1.82, 2.24) is 21.3 Å². The van der Waals surface area contributed by atoms with Gasteiger partial charge in [-0.05, 0) is 46.5 Å². The molecule has 0 aromatic heterocycles. The van der Waals surface area contributed by atoms with Crippen LogP contribution in [0.3, 0.4) is 0 Å². The Morgan fingerprint density at radius 3 is 1.88 bits per heavy atom. The van der Waals surface area contributed by atoms with E-state index in [1.54, 1.807) is 24.3 Å². The number of nitrogens with two attached hydrogens (primary N) is 4. The smallest absolute Gasteiger partial charge is 0.243 e. The summed E-state index contributed by atoms with van der Waals surface area (Å²) >= 11 is 0. The van der Waals surface area contributed by atoms with Crippen LogP contribution in [0.5, 0.6) is 11.5 Å². The van der Waals surface area contributed by atoms with Gasteiger partial charge in [0.1, 0.15) is 29.6 Å². The Labute approximate surface area is 314 Å². The SMILES string of the molecule is Cl.Cl.Cl.Cl.NCCNC(=O)[C@H](C[C@@H](O)CN)NC(=O)[C@@H]1Cc2cc(ccc2O)-c2ccc(O)c(c2)C[C@H](N)C(=O)N[C@@H](C[C@@H](O)CN)C(=O)N1. The first-order chi connectivity index (χ1) is 21.9. The minimum atomic E-state index is -1.43. The molecule has 2 aromatic carbocycles. The van der Waals surface area contributed by atoms with E-state index in [4.69, 9.17) is 22.9 Å². The number of halogens is 4. The van der Waals surface area contributed by atoms with Crippen molar-refractivity contribution in [3.63, 3.8) is 0 Å². The van der Waals surface area contributed by atoms with Crippen molar-refractivity contribution in [3.8, 4) is 22.6 Å². The molecular weight excluding hydrogens is 742 g/mol. The number of carbonyl (C=O) groups excluding carboxylic acids is 4. The van der Waals surface area contributed by atoms with E-state index in [0.717, 1.165) is 0 Å². The largest absolute Gasteiger partial charge is 0.508 e. The van der Waals surface area contributed by atoms with Crippen LogP contribution in [-0.4, -0.2) is 107 Å². The van der Waals surface area contributed by atoms with Crippen molar-refractivity contribution in [2.75, 3.05) is 26.2 Å². The lowest BCUT2D eigenvalue weighted by atomic mass is 9.95. The van der Waals surface area contributed by atoms with E-state index in [2.05, 4.69) is 21.3 Å². The van der Waals surface area contributed by atoms with Gasteiger partial charge in [0.2, 0.25) is 23.6 Å². The standard InChI is InChI=1S/C30H44N8O8.4ClH/c31-5-6-35-28(44)23(11-19(39)13-32)38-29(45)22-10-18-8-16(2-4-26(18)42)15-1-3-25(41)17(7-15)9-21(34)27(43)36-24(30(46)37-22)12-20(40)14-33;;;;/h1-4,7-8,19-24,39-42H,5-6,9-14,31-34H2,(H,35,44)(H,36,43)(H,37,46)(H,38,45);4*1H/t19-,20-,21+,22+,23+,24+;;;;/m1..../s1. The third kappa shape index (κ3) is 13.9. The van der Waals surface area contributed by atoms with E-state index >= 15 is 0 Å². The van der Waals surface area contributed by atoms with Gasteiger partial charge < -0.3 is 64.6 Å². The molecule has 1 aliphatic heterocycles. The number of aromatic hydroxyl groups is 2. The van der Waals surface area contributed by atoms with E-state index in [9.17, 15) is 39.6 Å². The minimum absolute atomic E-state index is 0. The Morgan fingerprint density at radius 2 is 1.36 bits per heavy atom. The monoisotopic (exact) mass is 788 g/mol. The number of phenols is 2. The van der Waals surface area contributed by atoms with Gasteiger partial charge in [0.05, 0.1) is 18.2 Å². The van der Waals surface area contributed by atoms with Gasteiger partial charge >= 0.3 is 0 Å². The van der Waals surface area contributed by atoms with Gasteiger partial charge in [-0.3, -0.25) is 19.2 Å². The first kappa shape index (κ1) is 49.0. The number of phenolic OH excluding ortho intramolecular Hbond substituents is 2. The number of rotatable bonds is 11. The Hall–Kier alpha value is -3.16. The van der Waals surface area contributed by atoms with E-state index in [0.29, 0.717) is 16.7 Å². The molecule has 4 bridgehead atoms. The van der Waals surface area contributed by atoms with Crippen molar-refractivity contribution >= 4 is 73.3 Å². The molecule has 20 heteroatoms. The van der Waals surface area contributed by atoms with Crippen LogP contribution in [0.15, 0.2) is 36.4 Å². The average molecular weight is 791 g/mol. The predicted molar refractivity (Wildman–Crippen MR) is 197 cm³/mol. The average Bonchev–Trinajstić information content (AvgIpc) is 3.03. The normalized spacial score (nSPS) is 19.0. The van der Waals surface area contributed by atoms with Crippen molar-refractivity contribution in [3.05, 3.63) is 47.5 Å². The number of aliphatic hydroxyl groups excluding tert-OH is 2. The summed E-state index contributed by atoms with van der Waals surface area (Å²) in [5.41, 5.74) is 24.5. The third-order valence-corrected chi connectivity index (χ3v) is 7.60. The molecule has 284 valence electrons. The van der Waals surface area contributed by atoms with E-state index in [-0.39, 0.29) is 119 Å². The summed E-state index contributed by atoms with van der Waals surface area (Å²) in [6, 6.07) is 4.00. The molecule has 16 N–H and O–H groups in total. The van der Waals surface area contributed by atoms with Gasteiger partial charge in [0.25, 0.3) is 0 Å². The first-order valence-corrected chi connectivity index (χ1v) is 14.9. The lowest BCUT2D eigenvalue weighted by Gasteiger charge is -2.27. The van der Waals surface area contributed by atoms with Crippen LogP contribution in [0.2, 0.25) is 0 Å². The molecule has 0 aliphatic carbocycles. The maximum absolute atomic E-state index is 13.8.